The minimum Gasteiger partial charge on any atom is -0.356 e. The average molecular weight is 373 g/mol. The van der Waals surface area contributed by atoms with Crippen molar-refractivity contribution in [3.8, 4) is 0 Å². The summed E-state index contributed by atoms with van der Waals surface area (Å²) in [6, 6.07) is 4.65. The lowest BCUT2D eigenvalue weighted by Gasteiger charge is -2.27. The Kier molecular flexibility index (Phi) is 7.51. The highest BCUT2D eigenvalue weighted by molar-refractivity contribution is 7.90. The lowest BCUT2D eigenvalue weighted by atomic mass is 10.2. The van der Waals surface area contributed by atoms with Crippen LogP contribution in [-0.2, 0) is 9.84 Å². The van der Waals surface area contributed by atoms with Gasteiger partial charge in [0, 0.05) is 31.3 Å². The molecule has 1 fully saturated rings. The minimum atomic E-state index is -2.90. The van der Waals surface area contributed by atoms with E-state index in [9.17, 15) is 8.42 Å². The van der Waals surface area contributed by atoms with Gasteiger partial charge in [-0.2, -0.15) is 0 Å². The number of thiophene rings is 1. The van der Waals surface area contributed by atoms with Crippen LogP contribution >= 0.6 is 11.3 Å². The molecular weight excluding hydrogens is 344 g/mol. The van der Waals surface area contributed by atoms with Crippen LogP contribution in [0.25, 0.3) is 0 Å². The Bertz CT molecular complexity index is 608. The van der Waals surface area contributed by atoms with E-state index in [4.69, 9.17) is 0 Å². The third kappa shape index (κ3) is 6.41. The zero-order chi connectivity index (χ0) is 17.4. The Balaban J connectivity index is 1.83. The van der Waals surface area contributed by atoms with Crippen LogP contribution in [0.5, 0.6) is 0 Å². The van der Waals surface area contributed by atoms with Crippen molar-refractivity contribution in [2.75, 3.05) is 45.2 Å². The summed E-state index contributed by atoms with van der Waals surface area (Å²) in [6.07, 6.45) is 4.38. The number of aliphatic imine (C=N–C) groups is 1. The summed E-state index contributed by atoms with van der Waals surface area (Å²) in [7, 11) is -1.16. The minimum absolute atomic E-state index is 0.197. The number of rotatable bonds is 8. The molecule has 1 atom stereocenters. The fourth-order valence-electron chi connectivity index (χ4n) is 2.90. The number of hydrogen-bond acceptors (Lipinski definition) is 5. The number of nitrogens with zero attached hydrogens (tertiary/aromatic N) is 2. The van der Waals surface area contributed by atoms with Gasteiger partial charge in [-0.25, -0.2) is 8.42 Å². The van der Waals surface area contributed by atoms with Crippen molar-refractivity contribution in [3.05, 3.63) is 22.4 Å². The van der Waals surface area contributed by atoms with Gasteiger partial charge in [0.25, 0.3) is 0 Å². The highest BCUT2D eigenvalue weighted by atomic mass is 32.2. The van der Waals surface area contributed by atoms with Gasteiger partial charge in [-0.05, 0) is 43.8 Å². The van der Waals surface area contributed by atoms with Crippen molar-refractivity contribution in [3.63, 3.8) is 0 Å². The Hall–Kier alpha value is -1.12. The average Bonchev–Trinajstić information content (AvgIpc) is 3.22. The summed E-state index contributed by atoms with van der Waals surface area (Å²) in [6.45, 7) is 3.68. The molecule has 0 aliphatic carbocycles. The van der Waals surface area contributed by atoms with E-state index in [2.05, 4.69) is 38.0 Å². The normalized spacial score (nSPS) is 17.8. The van der Waals surface area contributed by atoms with Gasteiger partial charge in [0.15, 0.2) is 5.96 Å². The van der Waals surface area contributed by atoms with Crippen LogP contribution in [0.4, 0.5) is 0 Å². The molecule has 1 unspecified atom stereocenters. The van der Waals surface area contributed by atoms with Gasteiger partial charge >= 0.3 is 0 Å². The van der Waals surface area contributed by atoms with Crippen LogP contribution in [0.2, 0.25) is 0 Å². The van der Waals surface area contributed by atoms with Gasteiger partial charge in [0.1, 0.15) is 9.84 Å². The van der Waals surface area contributed by atoms with E-state index in [-0.39, 0.29) is 5.75 Å². The summed E-state index contributed by atoms with van der Waals surface area (Å²) in [4.78, 5) is 8.13. The molecule has 0 bridgehead atoms. The van der Waals surface area contributed by atoms with Crippen LogP contribution in [0.1, 0.15) is 30.2 Å². The van der Waals surface area contributed by atoms with Crippen molar-refractivity contribution < 1.29 is 8.42 Å². The van der Waals surface area contributed by atoms with Gasteiger partial charge in [-0.15, -0.1) is 11.3 Å². The molecule has 2 N–H and O–H groups in total. The molecule has 0 aromatic carbocycles. The Morgan fingerprint density at radius 2 is 2.12 bits per heavy atom. The molecule has 2 rings (SSSR count). The molecule has 1 aliphatic rings. The molecule has 136 valence electrons. The molecule has 2 heterocycles. The fraction of sp³-hybridized carbons (Fsp3) is 0.688. The first kappa shape index (κ1) is 19.2. The van der Waals surface area contributed by atoms with Crippen LogP contribution in [0.3, 0.4) is 0 Å². The molecule has 1 aromatic rings. The largest absolute Gasteiger partial charge is 0.356 e. The zero-order valence-electron chi connectivity index (χ0n) is 14.5. The van der Waals surface area contributed by atoms with E-state index in [0.717, 1.165) is 25.6 Å². The maximum Gasteiger partial charge on any atom is 0.191 e. The lowest BCUT2D eigenvalue weighted by Crippen LogP contribution is -2.43. The SMILES string of the molecule is CN=C(NCCCS(C)(=O)=O)NCC(c1cccs1)N1CCCC1. The van der Waals surface area contributed by atoms with Gasteiger partial charge in [-0.3, -0.25) is 9.89 Å². The molecule has 6 nitrogen and oxygen atoms in total. The molecule has 0 spiro atoms. The molecule has 8 heteroatoms. The summed E-state index contributed by atoms with van der Waals surface area (Å²) >= 11 is 1.79. The fourth-order valence-corrected chi connectivity index (χ4v) is 4.43. The van der Waals surface area contributed by atoms with Gasteiger partial charge in [-0.1, -0.05) is 6.07 Å². The standard InChI is InChI=1S/C16H28N4O2S2/c1-17-16(18-8-6-12-24(2,21)22)19-13-14(15-7-5-11-23-15)20-9-3-4-10-20/h5,7,11,14H,3-4,6,8-10,12-13H2,1-2H3,(H2,17,18,19). The summed E-state index contributed by atoms with van der Waals surface area (Å²) in [5.74, 6) is 0.923. The monoisotopic (exact) mass is 372 g/mol. The molecule has 0 saturated carbocycles. The quantitative estimate of drug-likeness (QED) is 0.411. The second kappa shape index (κ2) is 9.39. The van der Waals surface area contributed by atoms with E-state index in [1.807, 2.05) is 0 Å². The Labute approximate surface area is 149 Å². The highest BCUT2D eigenvalue weighted by Gasteiger charge is 2.24. The molecule has 1 aromatic heterocycles. The maximum absolute atomic E-state index is 11.2. The van der Waals surface area contributed by atoms with Gasteiger partial charge in [0.2, 0.25) is 0 Å². The first-order valence-electron chi connectivity index (χ1n) is 8.39. The van der Waals surface area contributed by atoms with Crippen molar-refractivity contribution in [1.82, 2.24) is 15.5 Å². The maximum atomic E-state index is 11.2. The predicted molar refractivity (Wildman–Crippen MR) is 102 cm³/mol. The lowest BCUT2D eigenvalue weighted by molar-refractivity contribution is 0.249. The summed E-state index contributed by atoms with van der Waals surface area (Å²) in [5.41, 5.74) is 0. The number of likely N-dealkylation sites (tertiary alicyclic amines) is 1. The predicted octanol–water partition coefficient (Wildman–Crippen LogP) is 1.48. The van der Waals surface area contributed by atoms with Crippen LogP contribution in [0.15, 0.2) is 22.5 Å². The third-order valence-corrected chi connectivity index (χ3v) is 6.13. The van der Waals surface area contributed by atoms with E-state index in [1.165, 1.54) is 24.0 Å². The molecule has 0 amide bonds. The van der Waals surface area contributed by atoms with Gasteiger partial charge in [0.05, 0.1) is 11.8 Å². The Morgan fingerprint density at radius 1 is 1.38 bits per heavy atom. The second-order valence-corrected chi connectivity index (χ2v) is 9.38. The van der Waals surface area contributed by atoms with Crippen LogP contribution in [0, 0.1) is 0 Å². The number of hydrogen-bond donors (Lipinski definition) is 2. The topological polar surface area (TPSA) is 73.8 Å². The van der Waals surface area contributed by atoms with Crippen molar-refractivity contribution in [2.45, 2.75) is 25.3 Å². The molecule has 0 radical (unpaired) electrons. The molecule has 1 saturated heterocycles. The van der Waals surface area contributed by atoms with Gasteiger partial charge < -0.3 is 10.6 Å². The molecule has 1 aliphatic heterocycles. The van der Waals surface area contributed by atoms with E-state index in [1.54, 1.807) is 18.4 Å². The molecule has 24 heavy (non-hydrogen) atoms. The second-order valence-electron chi connectivity index (χ2n) is 6.14. The van der Waals surface area contributed by atoms with Crippen LogP contribution in [-0.4, -0.2) is 64.5 Å². The van der Waals surface area contributed by atoms with Crippen molar-refractivity contribution >= 4 is 27.1 Å². The highest BCUT2D eigenvalue weighted by Crippen LogP contribution is 2.27. The third-order valence-electron chi connectivity index (χ3n) is 4.12. The first-order chi connectivity index (χ1) is 11.5. The Morgan fingerprint density at radius 3 is 2.71 bits per heavy atom. The van der Waals surface area contributed by atoms with E-state index in [0.29, 0.717) is 19.0 Å². The summed E-state index contributed by atoms with van der Waals surface area (Å²) in [5, 5.41) is 8.70. The first-order valence-corrected chi connectivity index (χ1v) is 11.3. The van der Waals surface area contributed by atoms with E-state index < -0.39 is 9.84 Å². The van der Waals surface area contributed by atoms with Crippen molar-refractivity contribution in [1.29, 1.82) is 0 Å². The summed E-state index contributed by atoms with van der Waals surface area (Å²) < 4.78 is 22.3. The number of guanidine groups is 1. The van der Waals surface area contributed by atoms with E-state index >= 15 is 0 Å². The van der Waals surface area contributed by atoms with Crippen LogP contribution < -0.4 is 10.6 Å². The zero-order valence-corrected chi connectivity index (χ0v) is 16.1. The number of nitrogens with one attached hydrogen (secondary N) is 2. The number of sulfone groups is 1. The smallest absolute Gasteiger partial charge is 0.191 e. The van der Waals surface area contributed by atoms with Crippen molar-refractivity contribution in [2.24, 2.45) is 4.99 Å². The molecular formula is C16H28N4O2S2.